The molecule has 3 aromatic rings. The summed E-state index contributed by atoms with van der Waals surface area (Å²) in [5, 5.41) is 3.19. The standard InChI is InChI=1S/C22H21NO5S/c1-3-27-22(25)16-13-19(15-9-5-4-6-10-15)29-21(16)23-20(24)14-28-18-12-8-7-11-17(18)26-2/h4-13H,3,14H2,1-2H3,(H,23,24). The molecule has 0 atom stereocenters. The average molecular weight is 411 g/mol. The summed E-state index contributed by atoms with van der Waals surface area (Å²) in [7, 11) is 1.53. The van der Waals surface area contributed by atoms with Gasteiger partial charge in [-0.25, -0.2) is 4.79 Å². The molecule has 3 rings (SSSR count). The largest absolute Gasteiger partial charge is 0.493 e. The Labute approximate surface area is 173 Å². The van der Waals surface area contributed by atoms with E-state index in [0.29, 0.717) is 22.1 Å². The molecule has 0 fully saturated rings. The van der Waals surface area contributed by atoms with Crippen LogP contribution in [0.3, 0.4) is 0 Å². The maximum Gasteiger partial charge on any atom is 0.341 e. The lowest BCUT2D eigenvalue weighted by atomic mass is 10.1. The molecule has 0 bridgehead atoms. The Balaban J connectivity index is 1.77. The predicted octanol–water partition coefficient (Wildman–Crippen LogP) is 4.62. The molecular formula is C22H21NO5S. The molecule has 29 heavy (non-hydrogen) atoms. The minimum atomic E-state index is -0.480. The van der Waals surface area contributed by atoms with Gasteiger partial charge in [0.05, 0.1) is 19.3 Å². The van der Waals surface area contributed by atoms with Gasteiger partial charge in [-0.1, -0.05) is 42.5 Å². The van der Waals surface area contributed by atoms with Crippen molar-refractivity contribution in [1.82, 2.24) is 0 Å². The number of ether oxygens (including phenoxy) is 3. The van der Waals surface area contributed by atoms with Crippen molar-refractivity contribution in [1.29, 1.82) is 0 Å². The quantitative estimate of drug-likeness (QED) is 0.548. The fourth-order valence-corrected chi connectivity index (χ4v) is 3.70. The lowest BCUT2D eigenvalue weighted by molar-refractivity contribution is -0.118. The van der Waals surface area contributed by atoms with Gasteiger partial charge in [0, 0.05) is 4.88 Å². The van der Waals surface area contributed by atoms with E-state index in [-0.39, 0.29) is 19.1 Å². The maximum absolute atomic E-state index is 12.4. The smallest absolute Gasteiger partial charge is 0.341 e. The molecule has 0 aliphatic heterocycles. The fraction of sp³-hybridized carbons (Fsp3) is 0.182. The highest BCUT2D eigenvalue weighted by Gasteiger charge is 2.20. The second kappa shape index (κ2) is 9.75. The molecule has 1 amide bonds. The minimum Gasteiger partial charge on any atom is -0.493 e. The number of esters is 1. The van der Waals surface area contributed by atoms with Gasteiger partial charge >= 0.3 is 5.97 Å². The molecule has 6 nitrogen and oxygen atoms in total. The van der Waals surface area contributed by atoms with Gasteiger partial charge in [-0.05, 0) is 30.7 Å². The number of hydrogen-bond donors (Lipinski definition) is 1. The predicted molar refractivity (Wildman–Crippen MR) is 113 cm³/mol. The molecular weight excluding hydrogens is 390 g/mol. The van der Waals surface area contributed by atoms with Gasteiger partial charge in [0.15, 0.2) is 18.1 Å². The lowest BCUT2D eigenvalue weighted by Gasteiger charge is -2.10. The normalized spacial score (nSPS) is 10.3. The Morgan fingerprint density at radius 3 is 2.38 bits per heavy atom. The van der Waals surface area contributed by atoms with Gasteiger partial charge in [0.2, 0.25) is 0 Å². The number of carbonyl (C=O) groups excluding carboxylic acids is 2. The van der Waals surface area contributed by atoms with Crippen LogP contribution in [0, 0.1) is 0 Å². The van der Waals surface area contributed by atoms with Crippen molar-refractivity contribution >= 4 is 28.2 Å². The van der Waals surface area contributed by atoms with Gasteiger partial charge < -0.3 is 19.5 Å². The number of nitrogens with one attached hydrogen (secondary N) is 1. The number of hydrogen-bond acceptors (Lipinski definition) is 6. The Hall–Kier alpha value is -3.32. The Bertz CT molecular complexity index is 984. The van der Waals surface area contributed by atoms with Crippen molar-refractivity contribution in [3.05, 3.63) is 66.2 Å². The Morgan fingerprint density at radius 1 is 1.00 bits per heavy atom. The Kier molecular flexibility index (Phi) is 6.86. The maximum atomic E-state index is 12.4. The van der Waals surface area contributed by atoms with Gasteiger partial charge in [-0.15, -0.1) is 11.3 Å². The summed E-state index contributed by atoms with van der Waals surface area (Å²) >= 11 is 1.31. The van der Waals surface area contributed by atoms with Crippen LogP contribution >= 0.6 is 11.3 Å². The van der Waals surface area contributed by atoms with E-state index in [2.05, 4.69) is 5.32 Å². The SMILES string of the molecule is CCOC(=O)c1cc(-c2ccccc2)sc1NC(=O)COc1ccccc1OC. The molecule has 0 unspecified atom stereocenters. The first-order chi connectivity index (χ1) is 14.1. The van der Waals surface area contributed by atoms with E-state index < -0.39 is 5.97 Å². The third kappa shape index (κ3) is 5.14. The molecule has 1 heterocycles. The summed E-state index contributed by atoms with van der Waals surface area (Å²) in [6.45, 7) is 1.77. The zero-order chi connectivity index (χ0) is 20.6. The van der Waals surface area contributed by atoms with Crippen LogP contribution in [0.2, 0.25) is 0 Å². The van der Waals surface area contributed by atoms with Crippen LogP contribution in [0.4, 0.5) is 5.00 Å². The van der Waals surface area contributed by atoms with E-state index in [4.69, 9.17) is 14.2 Å². The first kappa shape index (κ1) is 20.4. The zero-order valence-electron chi connectivity index (χ0n) is 16.1. The third-order valence-electron chi connectivity index (χ3n) is 3.97. The van der Waals surface area contributed by atoms with Crippen LogP contribution in [0.25, 0.3) is 10.4 Å². The van der Waals surface area contributed by atoms with Crippen LogP contribution in [0.15, 0.2) is 60.7 Å². The van der Waals surface area contributed by atoms with Gasteiger partial charge in [0.1, 0.15) is 5.00 Å². The van der Waals surface area contributed by atoms with Crippen molar-refractivity contribution in [2.24, 2.45) is 0 Å². The summed E-state index contributed by atoms with van der Waals surface area (Å²) in [6.07, 6.45) is 0. The topological polar surface area (TPSA) is 73.9 Å². The van der Waals surface area contributed by atoms with Crippen molar-refractivity contribution < 1.29 is 23.8 Å². The third-order valence-corrected chi connectivity index (χ3v) is 5.07. The number of methoxy groups -OCH3 is 1. The van der Waals surface area contributed by atoms with E-state index in [1.54, 1.807) is 31.2 Å². The second-order valence-corrected chi connectivity index (χ2v) is 6.98. The molecule has 0 aliphatic carbocycles. The molecule has 150 valence electrons. The number of thiophene rings is 1. The van der Waals surface area contributed by atoms with E-state index >= 15 is 0 Å². The lowest BCUT2D eigenvalue weighted by Crippen LogP contribution is -2.21. The van der Waals surface area contributed by atoms with Crippen molar-refractivity contribution in [3.63, 3.8) is 0 Å². The van der Waals surface area contributed by atoms with Crippen LogP contribution in [0.1, 0.15) is 17.3 Å². The van der Waals surface area contributed by atoms with E-state index in [1.165, 1.54) is 18.4 Å². The van der Waals surface area contributed by atoms with Crippen LogP contribution in [-0.4, -0.2) is 32.2 Å². The van der Waals surface area contributed by atoms with Gasteiger partial charge in [0.25, 0.3) is 5.91 Å². The molecule has 0 saturated carbocycles. The van der Waals surface area contributed by atoms with Crippen LogP contribution < -0.4 is 14.8 Å². The zero-order valence-corrected chi connectivity index (χ0v) is 17.0. The van der Waals surface area contributed by atoms with Gasteiger partial charge in [-0.3, -0.25) is 4.79 Å². The average Bonchev–Trinajstić information content (AvgIpc) is 3.17. The molecule has 0 radical (unpaired) electrons. The molecule has 1 N–H and O–H groups in total. The summed E-state index contributed by atoms with van der Waals surface area (Å²) in [6, 6.07) is 18.4. The molecule has 2 aromatic carbocycles. The first-order valence-corrected chi connectivity index (χ1v) is 9.86. The number of anilines is 1. The highest BCUT2D eigenvalue weighted by molar-refractivity contribution is 7.20. The van der Waals surface area contributed by atoms with Crippen molar-refractivity contribution in [2.45, 2.75) is 6.92 Å². The van der Waals surface area contributed by atoms with Crippen molar-refractivity contribution in [3.8, 4) is 21.9 Å². The molecule has 0 aliphatic rings. The second-order valence-electron chi connectivity index (χ2n) is 5.93. The van der Waals surface area contributed by atoms with E-state index in [9.17, 15) is 9.59 Å². The van der Waals surface area contributed by atoms with Crippen molar-refractivity contribution in [2.75, 3.05) is 25.6 Å². The highest BCUT2D eigenvalue weighted by Crippen LogP contribution is 2.36. The van der Waals surface area contributed by atoms with Crippen LogP contribution in [-0.2, 0) is 9.53 Å². The number of amides is 1. The van der Waals surface area contributed by atoms with E-state index in [1.807, 2.05) is 36.4 Å². The number of rotatable bonds is 8. The summed E-state index contributed by atoms with van der Waals surface area (Å²) in [4.78, 5) is 25.6. The molecule has 0 saturated heterocycles. The highest BCUT2D eigenvalue weighted by atomic mass is 32.1. The van der Waals surface area contributed by atoms with Gasteiger partial charge in [-0.2, -0.15) is 0 Å². The van der Waals surface area contributed by atoms with Crippen LogP contribution in [0.5, 0.6) is 11.5 Å². The first-order valence-electron chi connectivity index (χ1n) is 9.04. The Morgan fingerprint density at radius 2 is 1.69 bits per heavy atom. The monoisotopic (exact) mass is 411 g/mol. The number of benzene rings is 2. The summed E-state index contributed by atoms with van der Waals surface area (Å²) in [5.74, 6) is 0.136. The van der Waals surface area contributed by atoms with E-state index in [0.717, 1.165) is 10.4 Å². The number of carbonyl (C=O) groups is 2. The molecule has 1 aromatic heterocycles. The fourth-order valence-electron chi connectivity index (χ4n) is 2.63. The molecule has 0 spiro atoms. The summed E-state index contributed by atoms with van der Waals surface area (Å²) < 4.78 is 15.9. The number of para-hydroxylation sites is 2. The summed E-state index contributed by atoms with van der Waals surface area (Å²) in [5.41, 5.74) is 1.27. The minimum absolute atomic E-state index is 0.221. The molecule has 7 heteroatoms.